The van der Waals surface area contributed by atoms with Crippen LogP contribution in [0.25, 0.3) is 11.5 Å². The van der Waals surface area contributed by atoms with Crippen molar-refractivity contribution in [3.05, 3.63) is 35.7 Å². The number of nitrogens with zero attached hydrogens (tertiary/aromatic N) is 2. The highest BCUT2D eigenvalue weighted by atomic mass is 16.4. The Bertz CT molecular complexity index is 459. The molecule has 1 aromatic heterocycles. The van der Waals surface area contributed by atoms with Crippen molar-refractivity contribution in [1.29, 1.82) is 0 Å². The van der Waals surface area contributed by atoms with Gasteiger partial charge in [0.2, 0.25) is 11.8 Å². The molecule has 0 unspecified atom stereocenters. The molecule has 84 valence electrons. The molecule has 0 aliphatic rings. The second-order valence-corrected chi connectivity index (χ2v) is 3.98. The maximum Gasteiger partial charge on any atom is 0.247 e. The molecular weight excluding hydrogens is 202 g/mol. The third-order valence-electron chi connectivity index (χ3n) is 2.47. The van der Waals surface area contributed by atoms with E-state index < -0.39 is 0 Å². The van der Waals surface area contributed by atoms with Crippen molar-refractivity contribution in [2.75, 3.05) is 0 Å². The fourth-order valence-corrected chi connectivity index (χ4v) is 1.46. The van der Waals surface area contributed by atoms with Gasteiger partial charge in [-0.3, -0.25) is 0 Å². The molecule has 2 N–H and O–H groups in total. The normalized spacial score (nSPS) is 11.0. The Morgan fingerprint density at radius 1 is 1.19 bits per heavy atom. The smallest absolute Gasteiger partial charge is 0.247 e. The first-order valence-corrected chi connectivity index (χ1v) is 5.33. The summed E-state index contributed by atoms with van der Waals surface area (Å²) in [6.45, 7) is 4.60. The summed E-state index contributed by atoms with van der Waals surface area (Å²) in [5, 5.41) is 7.76. The minimum Gasteiger partial charge on any atom is -0.419 e. The zero-order valence-corrected chi connectivity index (χ0v) is 9.47. The van der Waals surface area contributed by atoms with Gasteiger partial charge in [0.05, 0.1) is 6.54 Å². The summed E-state index contributed by atoms with van der Waals surface area (Å²) in [6.07, 6.45) is 0. The Hall–Kier alpha value is -1.68. The first-order chi connectivity index (χ1) is 7.70. The van der Waals surface area contributed by atoms with Crippen LogP contribution in [0, 0.1) is 0 Å². The van der Waals surface area contributed by atoms with Gasteiger partial charge in [-0.1, -0.05) is 26.0 Å². The molecule has 0 spiro atoms. The molecule has 0 atom stereocenters. The minimum absolute atomic E-state index is 0.275. The summed E-state index contributed by atoms with van der Waals surface area (Å²) in [6, 6.07) is 8.13. The molecule has 4 nitrogen and oxygen atoms in total. The lowest BCUT2D eigenvalue weighted by atomic mass is 10.0. The molecule has 2 aromatic rings. The molecule has 0 radical (unpaired) electrons. The number of aromatic nitrogens is 2. The molecule has 1 heterocycles. The molecule has 0 saturated carbocycles. The van der Waals surface area contributed by atoms with Gasteiger partial charge in [-0.25, -0.2) is 0 Å². The monoisotopic (exact) mass is 217 g/mol. The Balaban J connectivity index is 2.27. The van der Waals surface area contributed by atoms with Crippen LogP contribution in [0.4, 0.5) is 0 Å². The van der Waals surface area contributed by atoms with Gasteiger partial charge >= 0.3 is 0 Å². The van der Waals surface area contributed by atoms with Crippen molar-refractivity contribution < 1.29 is 4.42 Å². The zero-order chi connectivity index (χ0) is 11.5. The summed E-state index contributed by atoms with van der Waals surface area (Å²) in [5.74, 6) is 1.51. The highest BCUT2D eigenvalue weighted by Gasteiger charge is 2.07. The number of nitrogens with two attached hydrogens (primary N) is 1. The van der Waals surface area contributed by atoms with E-state index in [0.29, 0.717) is 17.7 Å². The van der Waals surface area contributed by atoms with Crippen LogP contribution in [-0.2, 0) is 6.54 Å². The quantitative estimate of drug-likeness (QED) is 0.856. The van der Waals surface area contributed by atoms with E-state index in [0.717, 1.165) is 5.56 Å². The number of hydrogen-bond acceptors (Lipinski definition) is 4. The number of hydrogen-bond donors (Lipinski definition) is 1. The van der Waals surface area contributed by atoms with Gasteiger partial charge in [-0.15, -0.1) is 10.2 Å². The molecular formula is C12H15N3O. The predicted octanol–water partition coefficient (Wildman–Crippen LogP) is 2.32. The van der Waals surface area contributed by atoms with Crippen LogP contribution in [0.3, 0.4) is 0 Å². The summed E-state index contributed by atoms with van der Waals surface area (Å²) in [5.41, 5.74) is 7.63. The second-order valence-electron chi connectivity index (χ2n) is 3.98. The molecule has 0 saturated heterocycles. The SMILES string of the molecule is CC(C)c1ccc(-c2nnc(CN)o2)cc1. The third kappa shape index (κ3) is 2.12. The molecule has 1 aromatic carbocycles. The van der Waals surface area contributed by atoms with E-state index in [1.165, 1.54) is 5.56 Å². The average molecular weight is 217 g/mol. The zero-order valence-electron chi connectivity index (χ0n) is 9.47. The second kappa shape index (κ2) is 4.45. The number of rotatable bonds is 3. The van der Waals surface area contributed by atoms with Crippen LogP contribution in [0.1, 0.15) is 31.2 Å². The minimum atomic E-state index is 0.275. The van der Waals surface area contributed by atoms with E-state index in [9.17, 15) is 0 Å². The van der Waals surface area contributed by atoms with Crippen LogP contribution in [0.15, 0.2) is 28.7 Å². The van der Waals surface area contributed by atoms with Gasteiger partial charge in [-0.2, -0.15) is 0 Å². The van der Waals surface area contributed by atoms with Gasteiger partial charge < -0.3 is 10.2 Å². The van der Waals surface area contributed by atoms with Gasteiger partial charge in [0.15, 0.2) is 0 Å². The van der Waals surface area contributed by atoms with Gasteiger partial charge in [0.25, 0.3) is 0 Å². The predicted molar refractivity (Wildman–Crippen MR) is 61.7 cm³/mol. The standard InChI is InChI=1S/C12H15N3O/c1-8(2)9-3-5-10(6-4-9)12-15-14-11(7-13)16-12/h3-6,8H,7,13H2,1-2H3. The van der Waals surface area contributed by atoms with Crippen molar-refractivity contribution in [1.82, 2.24) is 10.2 Å². The van der Waals surface area contributed by atoms with E-state index in [4.69, 9.17) is 10.2 Å². The van der Waals surface area contributed by atoms with Crippen molar-refractivity contribution >= 4 is 0 Å². The van der Waals surface area contributed by atoms with Crippen molar-refractivity contribution in [2.45, 2.75) is 26.3 Å². The first-order valence-electron chi connectivity index (χ1n) is 5.33. The average Bonchev–Trinajstić information content (AvgIpc) is 2.77. The Morgan fingerprint density at radius 3 is 2.38 bits per heavy atom. The summed E-state index contributed by atoms with van der Waals surface area (Å²) in [7, 11) is 0. The third-order valence-corrected chi connectivity index (χ3v) is 2.47. The topological polar surface area (TPSA) is 64.9 Å². The van der Waals surface area contributed by atoms with Crippen LogP contribution < -0.4 is 5.73 Å². The summed E-state index contributed by atoms with van der Waals surface area (Å²) in [4.78, 5) is 0. The van der Waals surface area contributed by atoms with Gasteiger partial charge in [0.1, 0.15) is 0 Å². The highest BCUT2D eigenvalue weighted by molar-refractivity contribution is 5.53. The van der Waals surface area contributed by atoms with Crippen LogP contribution in [0.2, 0.25) is 0 Å². The molecule has 4 heteroatoms. The fraction of sp³-hybridized carbons (Fsp3) is 0.333. The molecule has 0 bridgehead atoms. The van der Waals surface area contributed by atoms with E-state index in [1.807, 2.05) is 12.1 Å². The molecule has 0 aliphatic heterocycles. The molecule has 0 aliphatic carbocycles. The maximum absolute atomic E-state index is 5.41. The van der Waals surface area contributed by atoms with E-state index in [2.05, 4.69) is 36.2 Å². The lowest BCUT2D eigenvalue weighted by molar-refractivity contribution is 0.508. The Morgan fingerprint density at radius 2 is 1.88 bits per heavy atom. The van der Waals surface area contributed by atoms with Crippen LogP contribution in [0.5, 0.6) is 0 Å². The summed E-state index contributed by atoms with van der Waals surface area (Å²) >= 11 is 0. The van der Waals surface area contributed by atoms with Crippen LogP contribution >= 0.6 is 0 Å². The maximum atomic E-state index is 5.41. The molecule has 16 heavy (non-hydrogen) atoms. The molecule has 2 rings (SSSR count). The lowest BCUT2D eigenvalue weighted by Gasteiger charge is -2.04. The van der Waals surface area contributed by atoms with Crippen LogP contribution in [-0.4, -0.2) is 10.2 Å². The largest absolute Gasteiger partial charge is 0.419 e. The van der Waals surface area contributed by atoms with Crippen molar-refractivity contribution in [3.63, 3.8) is 0 Å². The Labute approximate surface area is 94.5 Å². The number of benzene rings is 1. The van der Waals surface area contributed by atoms with E-state index in [-0.39, 0.29) is 6.54 Å². The Kier molecular flexibility index (Phi) is 3.01. The van der Waals surface area contributed by atoms with Crippen molar-refractivity contribution in [2.24, 2.45) is 5.73 Å². The van der Waals surface area contributed by atoms with E-state index in [1.54, 1.807) is 0 Å². The highest BCUT2D eigenvalue weighted by Crippen LogP contribution is 2.21. The lowest BCUT2D eigenvalue weighted by Crippen LogP contribution is -1.95. The van der Waals surface area contributed by atoms with Gasteiger partial charge in [-0.05, 0) is 23.6 Å². The molecule has 0 amide bonds. The van der Waals surface area contributed by atoms with Crippen molar-refractivity contribution in [3.8, 4) is 11.5 Å². The van der Waals surface area contributed by atoms with Gasteiger partial charge in [0, 0.05) is 5.56 Å². The van der Waals surface area contributed by atoms with E-state index >= 15 is 0 Å². The summed E-state index contributed by atoms with van der Waals surface area (Å²) < 4.78 is 5.37. The fourth-order valence-electron chi connectivity index (χ4n) is 1.46. The first kappa shape index (κ1) is 10.8. The molecule has 0 fully saturated rings.